The average Bonchev–Trinajstić information content (AvgIpc) is 3.47. The lowest BCUT2D eigenvalue weighted by Crippen LogP contribution is -2.62. The van der Waals surface area contributed by atoms with Crippen LogP contribution in [0, 0.1) is 17.8 Å². The molecule has 3 aliphatic rings. The molecule has 1 aromatic carbocycles. The maximum absolute atomic E-state index is 14.5. The number of fused-ring (bicyclic) bond motifs is 2. The fourth-order valence-corrected chi connectivity index (χ4v) is 8.75. The molecular weight excluding hydrogens is 722 g/mol. The number of nitrogens with one attached hydrogen (secondary N) is 1. The average molecular weight is 782 g/mol. The van der Waals surface area contributed by atoms with Gasteiger partial charge in [-0.3, -0.25) is 14.6 Å². The number of rotatable bonds is 8. The van der Waals surface area contributed by atoms with Crippen LogP contribution in [0.15, 0.2) is 42.6 Å². The number of alkyl carbamates (subject to hydrolysis) is 1. The number of hydrogen-bond donors (Lipinski definition) is 3. The molecule has 0 spiro atoms. The normalized spacial score (nSPS) is 38.9. The van der Waals surface area contributed by atoms with Gasteiger partial charge in [0.15, 0.2) is 17.7 Å². The lowest BCUT2D eigenvalue weighted by Gasteiger charge is -2.47. The van der Waals surface area contributed by atoms with Gasteiger partial charge < -0.3 is 44.1 Å². The Balaban J connectivity index is 1.58. The summed E-state index contributed by atoms with van der Waals surface area (Å²) in [6.07, 6.45) is 0.100. The fourth-order valence-electron chi connectivity index (χ4n) is 8.75. The van der Waals surface area contributed by atoms with Gasteiger partial charge in [0, 0.05) is 35.4 Å². The van der Waals surface area contributed by atoms with Crippen LogP contribution in [0.5, 0.6) is 0 Å². The maximum atomic E-state index is 14.5. The fraction of sp³-hybridized carbons (Fsp3) is 0.643. The van der Waals surface area contributed by atoms with Gasteiger partial charge in [-0.15, -0.1) is 0 Å². The number of aliphatic hydroxyl groups is 2. The number of para-hydroxylation sites is 1. The Morgan fingerprint density at radius 3 is 2.43 bits per heavy atom. The van der Waals surface area contributed by atoms with Crippen molar-refractivity contribution >= 4 is 40.6 Å². The summed E-state index contributed by atoms with van der Waals surface area (Å²) in [5.41, 5.74) is -4.01. The molecule has 1 amide bonds. The third-order valence-electron chi connectivity index (χ3n) is 11.9. The van der Waals surface area contributed by atoms with Crippen LogP contribution < -0.4 is 5.32 Å². The van der Waals surface area contributed by atoms with E-state index in [2.05, 4.69) is 10.3 Å². The molecule has 3 aliphatic heterocycles. The molecule has 4 heterocycles. The van der Waals surface area contributed by atoms with E-state index >= 15 is 0 Å². The van der Waals surface area contributed by atoms with E-state index < -0.39 is 83.0 Å². The van der Waals surface area contributed by atoms with E-state index in [1.165, 1.54) is 6.92 Å². The van der Waals surface area contributed by atoms with Gasteiger partial charge in [-0.25, -0.2) is 9.59 Å². The third-order valence-corrected chi connectivity index (χ3v) is 11.9. The first kappa shape index (κ1) is 43.3. The first-order valence-corrected chi connectivity index (χ1v) is 19.5. The molecule has 5 rings (SSSR count). The van der Waals surface area contributed by atoms with Gasteiger partial charge in [-0.1, -0.05) is 58.0 Å². The molecule has 1 aromatic heterocycles. The number of amides is 1. The number of nitrogens with zero attached hydrogens (tertiary/aromatic N) is 2. The number of carbonyl (C=O) groups excluding carboxylic acids is 4. The van der Waals surface area contributed by atoms with E-state index in [1.807, 2.05) is 62.3 Å². The molecule has 3 N–H and O–H groups in total. The molecule has 4 unspecified atom stereocenters. The van der Waals surface area contributed by atoms with E-state index in [9.17, 15) is 29.4 Å². The van der Waals surface area contributed by atoms with Crippen LogP contribution in [0.25, 0.3) is 17.0 Å². The smallest absolute Gasteiger partial charge is 0.408 e. The Kier molecular flexibility index (Phi) is 13.1. The van der Waals surface area contributed by atoms with E-state index in [-0.39, 0.29) is 37.4 Å². The molecule has 0 saturated carbocycles. The molecule has 13 atom stereocenters. The van der Waals surface area contributed by atoms with Crippen molar-refractivity contribution in [3.8, 4) is 0 Å². The number of cyclic esters (lactones) is 1. The first-order chi connectivity index (χ1) is 26.2. The van der Waals surface area contributed by atoms with E-state index in [4.69, 9.17) is 23.7 Å². The van der Waals surface area contributed by atoms with Gasteiger partial charge in [0.05, 0.1) is 36.0 Å². The van der Waals surface area contributed by atoms with Crippen molar-refractivity contribution in [1.29, 1.82) is 0 Å². The number of ketones is 2. The van der Waals surface area contributed by atoms with Crippen molar-refractivity contribution in [2.24, 2.45) is 17.8 Å². The van der Waals surface area contributed by atoms with Gasteiger partial charge in [-0.05, 0) is 78.7 Å². The summed E-state index contributed by atoms with van der Waals surface area (Å²) < 4.78 is 31.0. The number of pyridine rings is 1. The summed E-state index contributed by atoms with van der Waals surface area (Å²) in [5, 5.41) is 27.0. The van der Waals surface area contributed by atoms with E-state index in [1.54, 1.807) is 46.9 Å². The first-order valence-electron chi connectivity index (χ1n) is 19.5. The Morgan fingerprint density at radius 2 is 1.75 bits per heavy atom. The summed E-state index contributed by atoms with van der Waals surface area (Å²) >= 11 is 0. The van der Waals surface area contributed by atoms with Crippen molar-refractivity contribution in [3.05, 3.63) is 48.2 Å². The number of benzene rings is 1. The highest BCUT2D eigenvalue weighted by molar-refractivity contribution is 6.07. The zero-order valence-electron chi connectivity index (χ0n) is 34.2. The Hall–Kier alpha value is -3.79. The summed E-state index contributed by atoms with van der Waals surface area (Å²) in [6.45, 7) is 12.8. The molecule has 3 saturated heterocycles. The number of hydrogen-bond acceptors (Lipinski definition) is 13. The molecule has 14 nitrogen and oxygen atoms in total. The highest BCUT2D eigenvalue weighted by Gasteiger charge is 2.59. The maximum Gasteiger partial charge on any atom is 0.408 e. The molecule has 308 valence electrons. The van der Waals surface area contributed by atoms with E-state index in [0.717, 1.165) is 23.4 Å². The van der Waals surface area contributed by atoms with Crippen LogP contribution in [0.3, 0.4) is 0 Å². The van der Waals surface area contributed by atoms with Crippen molar-refractivity contribution in [1.82, 2.24) is 15.2 Å². The van der Waals surface area contributed by atoms with Crippen LogP contribution in [-0.4, -0.2) is 124 Å². The van der Waals surface area contributed by atoms with Crippen LogP contribution in [0.4, 0.5) is 4.79 Å². The number of aromatic nitrogens is 1. The van der Waals surface area contributed by atoms with Gasteiger partial charge in [0.25, 0.3) is 0 Å². The molecule has 2 aromatic rings. The van der Waals surface area contributed by atoms with Crippen LogP contribution >= 0.6 is 0 Å². The molecule has 0 bridgehead atoms. The number of aliphatic hydroxyl groups excluding tert-OH is 1. The minimum atomic E-state index is -2.69. The zero-order chi connectivity index (χ0) is 41.3. The standard InChI is InChI=1S/C42H59N3O11/c1-11-31-42(8)34(44-39(50)56-42)25(4)32(46)23(2)21-40(6,52-18-14-15-27-20-28-16-12-13-17-29(28)43-22-27)36(26(5)35(48)41(7,51)38(49)54-31)55-37-33(47)30(45(9)10)19-24(3)53-37/h12-17,20,22-26,30-31,33-34,36-37,47,51H,11,18-19,21H2,1-10H3,(H,44,50)/b15-14+/t23-,24-,25-,26+,30+,31+,33-,34?,36-,37?,40+,41?,42?/m1/s1. The predicted molar refractivity (Wildman–Crippen MR) is 207 cm³/mol. The number of Topliss-reactive ketones (excluding diaryl/α,β-unsaturated/α-hetero) is 2. The van der Waals surface area contributed by atoms with E-state index in [0.29, 0.717) is 6.42 Å². The number of esters is 1. The van der Waals surface area contributed by atoms with Crippen LogP contribution in [0.2, 0.25) is 0 Å². The lowest BCUT2D eigenvalue weighted by atomic mass is 9.73. The molecule has 14 heteroatoms. The second kappa shape index (κ2) is 17.0. The summed E-state index contributed by atoms with van der Waals surface area (Å²) in [6, 6.07) is 8.46. The van der Waals surface area contributed by atoms with Gasteiger partial charge in [-0.2, -0.15) is 0 Å². The minimum absolute atomic E-state index is 0.00133. The Morgan fingerprint density at radius 1 is 1.05 bits per heavy atom. The topological polar surface area (TPSA) is 183 Å². The second-order valence-electron chi connectivity index (χ2n) is 16.6. The summed E-state index contributed by atoms with van der Waals surface area (Å²) in [5.74, 6) is -5.28. The molecule has 0 aliphatic carbocycles. The highest BCUT2D eigenvalue weighted by atomic mass is 16.7. The molecular formula is C42H59N3O11. The van der Waals surface area contributed by atoms with Crippen LogP contribution in [-0.2, 0) is 38.1 Å². The van der Waals surface area contributed by atoms with Crippen molar-refractivity contribution in [2.75, 3.05) is 20.7 Å². The van der Waals surface area contributed by atoms with Crippen molar-refractivity contribution in [3.63, 3.8) is 0 Å². The monoisotopic (exact) mass is 781 g/mol. The summed E-state index contributed by atoms with van der Waals surface area (Å²) in [4.78, 5) is 61.9. The molecule has 3 fully saturated rings. The van der Waals surface area contributed by atoms with Gasteiger partial charge in [0.2, 0.25) is 5.60 Å². The summed E-state index contributed by atoms with van der Waals surface area (Å²) in [7, 11) is 3.68. The molecule has 0 radical (unpaired) electrons. The number of carbonyl (C=O) groups is 4. The quantitative estimate of drug-likeness (QED) is 0.256. The van der Waals surface area contributed by atoms with Crippen molar-refractivity contribution < 1.29 is 53.1 Å². The largest absolute Gasteiger partial charge is 0.456 e. The third kappa shape index (κ3) is 8.70. The number of likely N-dealkylation sites (N-methyl/N-ethyl adjacent to an activating group) is 1. The van der Waals surface area contributed by atoms with Crippen LogP contribution in [0.1, 0.15) is 80.2 Å². The highest BCUT2D eigenvalue weighted by Crippen LogP contribution is 2.41. The Bertz CT molecular complexity index is 1800. The van der Waals surface area contributed by atoms with Gasteiger partial charge in [0.1, 0.15) is 18.0 Å². The number of ether oxygens (including phenoxy) is 5. The lowest BCUT2D eigenvalue weighted by molar-refractivity contribution is -0.297. The minimum Gasteiger partial charge on any atom is -0.456 e. The SMILES string of the molecule is CC[C@@H]1OC(=O)C(C)(O)C(=O)[C@H](C)[C@@H](OC2O[C@H](C)C[C@H](N(C)C)[C@H]2O)[C@@](C)(OC/C=C/c2cnc3ccccc3c2)C[C@@H](C)C(=O)[C@@H](C)C2NC(=O)OC21C. The zero-order valence-corrected chi connectivity index (χ0v) is 34.2. The predicted octanol–water partition coefficient (Wildman–Crippen LogP) is 4.22. The second-order valence-corrected chi connectivity index (χ2v) is 16.6. The molecule has 56 heavy (non-hydrogen) atoms. The Labute approximate surface area is 329 Å². The van der Waals surface area contributed by atoms with Gasteiger partial charge >= 0.3 is 12.1 Å². The van der Waals surface area contributed by atoms with Crippen molar-refractivity contribution in [2.45, 2.75) is 134 Å².